The van der Waals surface area contributed by atoms with Gasteiger partial charge in [-0.05, 0) is 20.4 Å². The molecule has 0 bridgehead atoms. The summed E-state index contributed by atoms with van der Waals surface area (Å²) in [7, 11) is 2.04. The number of halogens is 1. The van der Waals surface area contributed by atoms with Gasteiger partial charge in [-0.15, -0.1) is 0 Å². The zero-order valence-corrected chi connectivity index (χ0v) is 9.08. The number of nitrogens with zero attached hydrogens (tertiary/aromatic N) is 1. The van der Waals surface area contributed by atoms with Crippen molar-refractivity contribution in [3.05, 3.63) is 0 Å². The number of likely N-dealkylation sites (N-methyl/N-ethyl adjacent to an activating group) is 1. The second-order valence-corrected chi connectivity index (χ2v) is 4.89. The molecule has 0 aromatic rings. The lowest BCUT2D eigenvalue weighted by Gasteiger charge is -2.14. The average molecular weight is 270 g/mol. The summed E-state index contributed by atoms with van der Waals surface area (Å²) in [5.74, 6) is 0. The van der Waals surface area contributed by atoms with Crippen molar-refractivity contribution >= 4 is 22.9 Å². The van der Waals surface area contributed by atoms with E-state index < -0.39 is 0 Å². The fraction of sp³-hybridized carbons (Fsp3) is 1.00. The van der Waals surface area contributed by atoms with Gasteiger partial charge in [-0.3, -0.25) is 0 Å². The van der Waals surface area contributed by atoms with Gasteiger partial charge in [0.25, 0.3) is 0 Å². The Kier molecular flexibility index (Phi) is 3.54. The third-order valence-electron chi connectivity index (χ3n) is 2.07. The first-order valence-electron chi connectivity index (χ1n) is 3.90. The van der Waals surface area contributed by atoms with Gasteiger partial charge in [0.2, 0.25) is 0 Å². The Bertz CT molecular complexity index is 119. The summed E-state index contributed by atoms with van der Waals surface area (Å²) in [6.07, 6.45) is 0.727. The molecule has 1 aliphatic rings. The van der Waals surface area contributed by atoms with Crippen molar-refractivity contribution in [3.8, 4) is 0 Å². The van der Waals surface area contributed by atoms with Crippen LogP contribution >= 0.6 is 22.9 Å². The summed E-state index contributed by atoms with van der Waals surface area (Å²) >= 11 is 2.26. The molecule has 1 rings (SSSR count). The maximum Gasteiger partial charge on any atom is 0.0705 e. The molecule has 3 nitrogen and oxygen atoms in total. The first-order valence-corrected chi connectivity index (χ1v) is 4.87. The van der Waals surface area contributed by atoms with Crippen LogP contribution in [0.4, 0.5) is 0 Å². The van der Waals surface area contributed by atoms with E-state index in [-0.39, 0.29) is 12.1 Å². The van der Waals surface area contributed by atoms with Crippen molar-refractivity contribution in [1.82, 2.24) is 8.43 Å². The van der Waals surface area contributed by atoms with Crippen LogP contribution in [0.5, 0.6) is 0 Å². The Balaban J connectivity index is 2.29. The van der Waals surface area contributed by atoms with Crippen molar-refractivity contribution in [2.24, 2.45) is 0 Å². The van der Waals surface area contributed by atoms with Crippen molar-refractivity contribution in [1.29, 1.82) is 0 Å². The summed E-state index contributed by atoms with van der Waals surface area (Å²) in [5.41, 5.74) is 0. The van der Waals surface area contributed by atoms with Crippen LogP contribution in [0.2, 0.25) is 0 Å². The lowest BCUT2D eigenvalue weighted by Crippen LogP contribution is -2.35. The molecule has 0 saturated carbocycles. The summed E-state index contributed by atoms with van der Waals surface area (Å²) in [5, 5.41) is 12.7. The molecule has 0 aliphatic carbocycles. The normalized spacial score (nSPS) is 38.5. The Hall–Kier alpha value is 0.610. The molecular weight excluding hydrogens is 255 g/mol. The molecule has 1 aliphatic heterocycles. The topological polar surface area (TPSA) is 35.5 Å². The summed E-state index contributed by atoms with van der Waals surface area (Å²) in [6.45, 7) is 3.03. The third kappa shape index (κ3) is 2.85. The molecule has 11 heavy (non-hydrogen) atoms. The molecule has 66 valence electrons. The molecule has 3 atom stereocenters. The molecule has 0 radical (unpaired) electrons. The van der Waals surface area contributed by atoms with E-state index >= 15 is 0 Å². The van der Waals surface area contributed by atoms with E-state index in [1.807, 2.05) is 14.0 Å². The average Bonchev–Trinajstić information content (AvgIpc) is 2.10. The second kappa shape index (κ2) is 4.02. The minimum atomic E-state index is -0.156. The molecule has 1 fully saturated rings. The van der Waals surface area contributed by atoms with E-state index in [0.29, 0.717) is 6.04 Å². The van der Waals surface area contributed by atoms with E-state index in [2.05, 4.69) is 31.3 Å². The molecule has 3 unspecified atom stereocenters. The highest BCUT2D eigenvalue weighted by Crippen LogP contribution is 2.14. The molecule has 0 aromatic heterocycles. The number of aliphatic hydroxyl groups is 1. The van der Waals surface area contributed by atoms with E-state index in [4.69, 9.17) is 0 Å². The third-order valence-corrected chi connectivity index (χ3v) is 2.47. The van der Waals surface area contributed by atoms with E-state index in [1.165, 1.54) is 0 Å². The second-order valence-electron chi connectivity index (χ2n) is 3.24. The van der Waals surface area contributed by atoms with Crippen LogP contribution in [-0.2, 0) is 0 Å². The zero-order valence-electron chi connectivity index (χ0n) is 6.92. The van der Waals surface area contributed by atoms with Crippen molar-refractivity contribution in [3.63, 3.8) is 0 Å². The lowest BCUT2D eigenvalue weighted by atomic mass is 10.1. The molecule has 0 amide bonds. The van der Waals surface area contributed by atoms with Gasteiger partial charge in [0.1, 0.15) is 0 Å². The first kappa shape index (κ1) is 9.70. The molecule has 4 heteroatoms. The Morgan fingerprint density at radius 1 is 1.73 bits per heavy atom. The Morgan fingerprint density at radius 2 is 2.36 bits per heavy atom. The fourth-order valence-corrected chi connectivity index (χ4v) is 1.95. The largest absolute Gasteiger partial charge is 0.391 e. The maximum atomic E-state index is 9.40. The minimum absolute atomic E-state index is 0.156. The number of rotatable bonds is 2. The molecule has 2 N–H and O–H groups in total. The highest BCUT2D eigenvalue weighted by Gasteiger charge is 2.28. The van der Waals surface area contributed by atoms with Crippen LogP contribution in [0.25, 0.3) is 0 Å². The summed E-state index contributed by atoms with van der Waals surface area (Å²) < 4.78 is 2.11. The van der Waals surface area contributed by atoms with Crippen LogP contribution < -0.4 is 5.32 Å². The van der Waals surface area contributed by atoms with Crippen LogP contribution in [0.15, 0.2) is 0 Å². The zero-order chi connectivity index (χ0) is 8.43. The van der Waals surface area contributed by atoms with Gasteiger partial charge in [-0.25, -0.2) is 3.11 Å². The van der Waals surface area contributed by atoms with Crippen LogP contribution in [-0.4, -0.2) is 40.0 Å². The van der Waals surface area contributed by atoms with Crippen LogP contribution in [0.1, 0.15) is 13.3 Å². The molecular formula is C7H15IN2O. The Morgan fingerprint density at radius 3 is 2.73 bits per heavy atom. The quantitative estimate of drug-likeness (QED) is 0.562. The predicted molar refractivity (Wildman–Crippen MR) is 53.7 cm³/mol. The van der Waals surface area contributed by atoms with Crippen LogP contribution in [0, 0.1) is 0 Å². The molecule has 1 heterocycles. The van der Waals surface area contributed by atoms with Gasteiger partial charge in [-0.1, -0.05) is 0 Å². The van der Waals surface area contributed by atoms with Gasteiger partial charge in [0.15, 0.2) is 0 Å². The van der Waals surface area contributed by atoms with Gasteiger partial charge in [0.05, 0.1) is 6.10 Å². The maximum absolute atomic E-state index is 9.40. The number of nitrogens with one attached hydrogen (secondary N) is 1. The lowest BCUT2D eigenvalue weighted by molar-refractivity contribution is 0.164. The molecule has 0 aromatic carbocycles. The van der Waals surface area contributed by atoms with Crippen molar-refractivity contribution < 1.29 is 5.11 Å². The first-order chi connectivity index (χ1) is 5.09. The van der Waals surface area contributed by atoms with E-state index in [9.17, 15) is 5.11 Å². The van der Waals surface area contributed by atoms with Gasteiger partial charge in [0, 0.05) is 41.5 Å². The van der Waals surface area contributed by atoms with Gasteiger partial charge < -0.3 is 10.4 Å². The van der Waals surface area contributed by atoms with Gasteiger partial charge in [-0.2, -0.15) is 0 Å². The smallest absolute Gasteiger partial charge is 0.0705 e. The molecule has 0 spiro atoms. The number of aliphatic hydroxyl groups excluding tert-OH is 1. The van der Waals surface area contributed by atoms with Gasteiger partial charge >= 0.3 is 0 Å². The minimum Gasteiger partial charge on any atom is -0.391 e. The van der Waals surface area contributed by atoms with Crippen molar-refractivity contribution in [2.75, 3.05) is 13.6 Å². The standard InChI is InChI=1S/C7H15IN2O/c1-5-7(11)3-6(9-5)4-10(2)8/h5-7,9,11H,3-4H2,1-2H3. The Labute approximate surface area is 81.6 Å². The SMILES string of the molecule is CC1NC(CN(C)I)CC1O. The number of hydrogen-bond donors (Lipinski definition) is 2. The summed E-state index contributed by atoms with van der Waals surface area (Å²) in [6, 6.07) is 0.721. The van der Waals surface area contributed by atoms with E-state index in [0.717, 1.165) is 13.0 Å². The highest BCUT2D eigenvalue weighted by atomic mass is 127. The summed E-state index contributed by atoms with van der Waals surface area (Å²) in [4.78, 5) is 0. The number of hydrogen-bond acceptors (Lipinski definition) is 3. The predicted octanol–water partition coefficient (Wildman–Crippen LogP) is 0.380. The highest BCUT2D eigenvalue weighted by molar-refractivity contribution is 14.1. The fourth-order valence-electron chi connectivity index (χ4n) is 1.48. The van der Waals surface area contributed by atoms with Crippen LogP contribution in [0.3, 0.4) is 0 Å². The monoisotopic (exact) mass is 270 g/mol. The molecule has 1 saturated heterocycles. The van der Waals surface area contributed by atoms with E-state index in [1.54, 1.807) is 0 Å². The van der Waals surface area contributed by atoms with Crippen molar-refractivity contribution in [2.45, 2.75) is 31.5 Å².